The number of halogens is 1. The van der Waals surface area contributed by atoms with Crippen LogP contribution in [-0.4, -0.2) is 25.0 Å². The van der Waals surface area contributed by atoms with Gasteiger partial charge in [0.15, 0.2) is 0 Å². The van der Waals surface area contributed by atoms with Gasteiger partial charge in [-0.15, -0.1) is 11.3 Å². The molecule has 1 saturated heterocycles. The highest BCUT2D eigenvalue weighted by molar-refractivity contribution is 7.10. The van der Waals surface area contributed by atoms with Gasteiger partial charge in [-0.05, 0) is 42.5 Å². The Bertz CT molecular complexity index is 754. The summed E-state index contributed by atoms with van der Waals surface area (Å²) in [7, 11) is 0. The summed E-state index contributed by atoms with van der Waals surface area (Å²) in [5.74, 6) is -0.385. The molecule has 1 aromatic carbocycles. The average molecular weight is 343 g/mol. The third kappa shape index (κ3) is 3.92. The first-order valence-corrected chi connectivity index (χ1v) is 8.80. The fourth-order valence-corrected chi connectivity index (χ4v) is 3.70. The zero-order valence-electron chi connectivity index (χ0n) is 13.2. The van der Waals surface area contributed by atoms with Gasteiger partial charge in [-0.25, -0.2) is 4.39 Å². The lowest BCUT2D eigenvalue weighted by Gasteiger charge is -2.35. The number of nitrogens with zero attached hydrogens (tertiary/aromatic N) is 2. The predicted molar refractivity (Wildman–Crippen MR) is 92.5 cm³/mol. The first-order chi connectivity index (χ1) is 11.7. The lowest BCUT2D eigenvalue weighted by molar-refractivity contribution is -0.121. The highest BCUT2D eigenvalue weighted by Gasteiger charge is 2.23. The summed E-state index contributed by atoms with van der Waals surface area (Å²) >= 11 is 1.57. The summed E-state index contributed by atoms with van der Waals surface area (Å²) in [5, 5.41) is 13.8. The zero-order valence-corrected chi connectivity index (χ0v) is 14.0. The molecule has 0 aliphatic carbocycles. The van der Waals surface area contributed by atoms with Gasteiger partial charge in [0.1, 0.15) is 5.82 Å². The van der Waals surface area contributed by atoms with E-state index in [-0.39, 0.29) is 17.8 Å². The molecule has 1 aromatic heterocycles. The second kappa shape index (κ2) is 7.45. The number of benzene rings is 1. The molecule has 4 nitrogen and oxygen atoms in total. The van der Waals surface area contributed by atoms with Crippen molar-refractivity contribution in [2.24, 2.45) is 0 Å². The molecule has 0 bridgehead atoms. The van der Waals surface area contributed by atoms with E-state index in [4.69, 9.17) is 5.26 Å². The fraction of sp³-hybridized carbons (Fsp3) is 0.333. The van der Waals surface area contributed by atoms with Crippen LogP contribution in [0.15, 0.2) is 35.7 Å². The van der Waals surface area contributed by atoms with Crippen molar-refractivity contribution in [3.8, 4) is 6.07 Å². The van der Waals surface area contributed by atoms with Crippen LogP contribution in [0.5, 0.6) is 0 Å². The molecule has 1 amide bonds. The van der Waals surface area contributed by atoms with Crippen LogP contribution in [0.4, 0.5) is 10.1 Å². The second-order valence-electron chi connectivity index (χ2n) is 5.89. The Morgan fingerprint density at radius 2 is 2.33 bits per heavy atom. The normalized spacial score (nSPS) is 17.3. The molecule has 1 aliphatic rings. The number of rotatable bonds is 4. The smallest absolute Gasteiger partial charge is 0.225 e. The van der Waals surface area contributed by atoms with E-state index in [2.05, 4.69) is 5.32 Å². The molecule has 1 N–H and O–H groups in total. The molecule has 124 valence electrons. The van der Waals surface area contributed by atoms with Crippen molar-refractivity contribution in [1.82, 2.24) is 5.32 Å². The van der Waals surface area contributed by atoms with Crippen LogP contribution in [-0.2, 0) is 11.2 Å². The molecule has 24 heavy (non-hydrogen) atoms. The van der Waals surface area contributed by atoms with Crippen LogP contribution < -0.4 is 10.2 Å². The molecular formula is C18H18FN3OS. The largest absolute Gasteiger partial charge is 0.367 e. The maximum absolute atomic E-state index is 14.2. The summed E-state index contributed by atoms with van der Waals surface area (Å²) in [6.07, 6.45) is 2.17. The van der Waals surface area contributed by atoms with Gasteiger partial charge in [0, 0.05) is 24.0 Å². The number of amides is 1. The number of anilines is 1. The van der Waals surface area contributed by atoms with Gasteiger partial charge < -0.3 is 10.2 Å². The van der Waals surface area contributed by atoms with Crippen LogP contribution in [0, 0.1) is 17.1 Å². The average Bonchev–Trinajstić information content (AvgIpc) is 3.07. The minimum absolute atomic E-state index is 0.00426. The molecule has 2 heterocycles. The van der Waals surface area contributed by atoms with Gasteiger partial charge in [-0.3, -0.25) is 4.79 Å². The maximum Gasteiger partial charge on any atom is 0.225 e. The third-order valence-corrected chi connectivity index (χ3v) is 5.00. The minimum Gasteiger partial charge on any atom is -0.367 e. The molecule has 0 saturated carbocycles. The summed E-state index contributed by atoms with van der Waals surface area (Å²) in [5.41, 5.74) is 0.806. The Morgan fingerprint density at radius 1 is 1.46 bits per heavy atom. The van der Waals surface area contributed by atoms with Crippen LogP contribution in [0.25, 0.3) is 0 Å². The molecule has 1 unspecified atom stereocenters. The van der Waals surface area contributed by atoms with E-state index in [1.807, 2.05) is 28.5 Å². The number of thiophene rings is 1. The number of hydrogen-bond donors (Lipinski definition) is 1. The molecular weight excluding hydrogens is 325 g/mol. The number of piperidine rings is 1. The van der Waals surface area contributed by atoms with Gasteiger partial charge >= 0.3 is 0 Å². The zero-order chi connectivity index (χ0) is 16.9. The Hall–Kier alpha value is -2.39. The predicted octanol–water partition coefficient (Wildman–Crippen LogP) is 3.09. The molecule has 1 fully saturated rings. The van der Waals surface area contributed by atoms with E-state index in [9.17, 15) is 9.18 Å². The topological polar surface area (TPSA) is 56.1 Å². The fourth-order valence-electron chi connectivity index (χ4n) is 3.00. The standard InChI is InChI=1S/C18H18FN3OS/c19-16-9-13(11-20)5-6-17(16)22-7-1-3-14(12-22)21-18(23)10-15-4-2-8-24-15/h2,4-6,8-9,14H,1,3,7,10,12H2,(H,21,23). The summed E-state index contributed by atoms with van der Waals surface area (Å²) in [6.45, 7) is 1.33. The van der Waals surface area contributed by atoms with Crippen molar-refractivity contribution in [3.63, 3.8) is 0 Å². The first kappa shape index (κ1) is 16.5. The highest BCUT2D eigenvalue weighted by Crippen LogP contribution is 2.24. The van der Waals surface area contributed by atoms with Gasteiger partial charge in [-0.1, -0.05) is 6.07 Å². The summed E-state index contributed by atoms with van der Waals surface area (Å²) < 4.78 is 14.2. The van der Waals surface area contributed by atoms with E-state index < -0.39 is 0 Å². The lowest BCUT2D eigenvalue weighted by atomic mass is 10.0. The van der Waals surface area contributed by atoms with E-state index in [1.54, 1.807) is 23.5 Å². The Labute approximate surface area is 144 Å². The van der Waals surface area contributed by atoms with E-state index in [1.165, 1.54) is 6.07 Å². The third-order valence-electron chi connectivity index (χ3n) is 4.12. The molecule has 1 atom stereocenters. The van der Waals surface area contributed by atoms with Crippen molar-refractivity contribution in [2.75, 3.05) is 18.0 Å². The Balaban J connectivity index is 1.62. The molecule has 6 heteroatoms. The van der Waals surface area contributed by atoms with Crippen LogP contribution in [0.2, 0.25) is 0 Å². The van der Waals surface area contributed by atoms with Gasteiger partial charge in [-0.2, -0.15) is 5.26 Å². The number of nitriles is 1. The van der Waals surface area contributed by atoms with Crippen molar-refractivity contribution in [3.05, 3.63) is 52.0 Å². The van der Waals surface area contributed by atoms with Crippen LogP contribution in [0.3, 0.4) is 0 Å². The Kier molecular flexibility index (Phi) is 5.11. The van der Waals surface area contributed by atoms with Crippen molar-refractivity contribution < 1.29 is 9.18 Å². The van der Waals surface area contributed by atoms with Crippen LogP contribution >= 0.6 is 11.3 Å². The summed E-state index contributed by atoms with van der Waals surface area (Å²) in [6, 6.07) is 10.4. The Morgan fingerprint density at radius 3 is 3.04 bits per heavy atom. The molecule has 2 aromatic rings. The SMILES string of the molecule is N#Cc1ccc(N2CCCC(NC(=O)Cc3cccs3)C2)c(F)c1. The number of carbonyl (C=O) groups is 1. The highest BCUT2D eigenvalue weighted by atomic mass is 32.1. The van der Waals surface area contributed by atoms with Gasteiger partial charge in [0.05, 0.1) is 23.7 Å². The van der Waals surface area contributed by atoms with E-state index in [0.29, 0.717) is 24.2 Å². The van der Waals surface area contributed by atoms with E-state index >= 15 is 0 Å². The van der Waals surface area contributed by atoms with Crippen molar-refractivity contribution in [1.29, 1.82) is 5.26 Å². The minimum atomic E-state index is -0.389. The monoisotopic (exact) mass is 343 g/mol. The summed E-state index contributed by atoms with van der Waals surface area (Å²) in [4.78, 5) is 15.1. The quantitative estimate of drug-likeness (QED) is 0.928. The molecule has 1 aliphatic heterocycles. The number of carbonyl (C=O) groups excluding carboxylic acids is 1. The first-order valence-electron chi connectivity index (χ1n) is 7.92. The molecule has 0 spiro atoms. The number of nitrogens with one attached hydrogen (secondary N) is 1. The lowest BCUT2D eigenvalue weighted by Crippen LogP contribution is -2.48. The molecule has 3 rings (SSSR count). The van der Waals surface area contributed by atoms with Gasteiger partial charge in [0.2, 0.25) is 5.91 Å². The molecule has 0 radical (unpaired) electrons. The second-order valence-corrected chi connectivity index (χ2v) is 6.92. The van der Waals surface area contributed by atoms with Gasteiger partial charge in [0.25, 0.3) is 0 Å². The van der Waals surface area contributed by atoms with E-state index in [0.717, 1.165) is 24.3 Å². The van der Waals surface area contributed by atoms with Crippen molar-refractivity contribution >= 4 is 22.9 Å². The maximum atomic E-state index is 14.2. The number of hydrogen-bond acceptors (Lipinski definition) is 4. The van der Waals surface area contributed by atoms with Crippen LogP contribution in [0.1, 0.15) is 23.3 Å². The van der Waals surface area contributed by atoms with Crippen molar-refractivity contribution in [2.45, 2.75) is 25.3 Å².